The minimum atomic E-state index is -0.270. The summed E-state index contributed by atoms with van der Waals surface area (Å²) in [7, 11) is 0. The van der Waals surface area contributed by atoms with Crippen molar-refractivity contribution in [2.45, 2.75) is 13.5 Å². The summed E-state index contributed by atoms with van der Waals surface area (Å²) < 4.78 is 5.32. The van der Waals surface area contributed by atoms with Gasteiger partial charge < -0.3 is 20.9 Å². The molecule has 0 saturated carbocycles. The topological polar surface area (TPSA) is 84.6 Å². The molecule has 0 spiro atoms. The Balaban J connectivity index is 2.86. The van der Waals surface area contributed by atoms with E-state index < -0.39 is 0 Å². The van der Waals surface area contributed by atoms with Gasteiger partial charge in [0.05, 0.1) is 19.8 Å². The zero-order valence-electron chi connectivity index (χ0n) is 9.19. The number of benzene rings is 1. The molecule has 5 nitrogen and oxygen atoms in total. The van der Waals surface area contributed by atoms with E-state index in [1.807, 2.05) is 6.92 Å². The predicted octanol–water partition coefficient (Wildman–Crippen LogP) is 0.475. The van der Waals surface area contributed by atoms with Crippen LogP contribution in [0, 0.1) is 0 Å². The summed E-state index contributed by atoms with van der Waals surface area (Å²) in [6.07, 6.45) is 0. The largest absolute Gasteiger partial charge is 0.494 e. The quantitative estimate of drug-likeness (QED) is 0.679. The fraction of sp³-hybridized carbons (Fsp3) is 0.364. The van der Waals surface area contributed by atoms with Gasteiger partial charge in [0.2, 0.25) is 5.91 Å². The van der Waals surface area contributed by atoms with E-state index in [0.717, 1.165) is 0 Å². The zero-order chi connectivity index (χ0) is 12.0. The maximum Gasteiger partial charge on any atom is 0.238 e. The minimum Gasteiger partial charge on any atom is -0.494 e. The lowest BCUT2D eigenvalue weighted by molar-refractivity contribution is -0.114. The summed E-state index contributed by atoms with van der Waals surface area (Å²) in [5.41, 5.74) is 6.42. The second-order valence-corrected chi connectivity index (χ2v) is 3.17. The fourth-order valence-corrected chi connectivity index (χ4v) is 1.29. The lowest BCUT2D eigenvalue weighted by Gasteiger charge is -2.10. The van der Waals surface area contributed by atoms with Gasteiger partial charge in [-0.05, 0) is 25.1 Å². The molecule has 16 heavy (non-hydrogen) atoms. The van der Waals surface area contributed by atoms with Gasteiger partial charge in [-0.2, -0.15) is 0 Å². The van der Waals surface area contributed by atoms with Gasteiger partial charge in [-0.25, -0.2) is 0 Å². The van der Waals surface area contributed by atoms with Gasteiger partial charge in [0, 0.05) is 11.3 Å². The van der Waals surface area contributed by atoms with E-state index in [1.54, 1.807) is 18.2 Å². The zero-order valence-corrected chi connectivity index (χ0v) is 9.19. The second-order valence-electron chi connectivity index (χ2n) is 3.17. The molecule has 0 atom stereocenters. The van der Waals surface area contributed by atoms with Crippen LogP contribution in [0.25, 0.3) is 0 Å². The molecule has 1 aromatic rings. The van der Waals surface area contributed by atoms with Gasteiger partial charge in [-0.15, -0.1) is 0 Å². The SMILES string of the molecule is CCOc1ccc(NC(=O)CN)cc1CO. The number of nitrogens with one attached hydrogen (secondary N) is 1. The Bertz CT molecular complexity index is 366. The highest BCUT2D eigenvalue weighted by Gasteiger charge is 2.05. The Labute approximate surface area is 94.2 Å². The standard InChI is InChI=1S/C11H16N2O3/c1-2-16-10-4-3-9(5-8(10)7-14)13-11(15)6-12/h3-5,14H,2,6-7,12H2,1H3,(H,13,15). The van der Waals surface area contributed by atoms with Crippen LogP contribution in [0.3, 0.4) is 0 Å². The van der Waals surface area contributed by atoms with E-state index in [1.165, 1.54) is 0 Å². The maximum absolute atomic E-state index is 11.1. The molecule has 1 aromatic carbocycles. The first-order valence-electron chi connectivity index (χ1n) is 5.07. The van der Waals surface area contributed by atoms with Crippen LogP contribution >= 0.6 is 0 Å². The third-order valence-corrected chi connectivity index (χ3v) is 2.00. The molecular formula is C11H16N2O3. The van der Waals surface area contributed by atoms with E-state index in [9.17, 15) is 4.79 Å². The summed E-state index contributed by atoms with van der Waals surface area (Å²) in [5.74, 6) is 0.351. The molecule has 5 heteroatoms. The third-order valence-electron chi connectivity index (χ3n) is 2.00. The van der Waals surface area contributed by atoms with Gasteiger partial charge in [0.15, 0.2) is 0 Å². The molecule has 0 aliphatic heterocycles. The number of ether oxygens (including phenoxy) is 1. The van der Waals surface area contributed by atoms with Gasteiger partial charge in [-0.1, -0.05) is 0 Å². The van der Waals surface area contributed by atoms with Crippen molar-refractivity contribution < 1.29 is 14.6 Å². The normalized spacial score (nSPS) is 9.94. The van der Waals surface area contributed by atoms with Crippen molar-refractivity contribution in [2.24, 2.45) is 5.73 Å². The number of hydrogen-bond donors (Lipinski definition) is 3. The maximum atomic E-state index is 11.1. The highest BCUT2D eigenvalue weighted by Crippen LogP contribution is 2.22. The molecule has 4 N–H and O–H groups in total. The summed E-state index contributed by atoms with van der Waals surface area (Å²) in [6.45, 7) is 2.19. The first kappa shape index (κ1) is 12.5. The van der Waals surface area contributed by atoms with Crippen molar-refractivity contribution in [1.82, 2.24) is 0 Å². The molecule has 0 aliphatic carbocycles. The van der Waals surface area contributed by atoms with Crippen molar-refractivity contribution in [3.05, 3.63) is 23.8 Å². The molecule has 0 aliphatic rings. The van der Waals surface area contributed by atoms with Gasteiger partial charge >= 0.3 is 0 Å². The molecule has 0 heterocycles. The van der Waals surface area contributed by atoms with Crippen molar-refractivity contribution in [3.63, 3.8) is 0 Å². The fourth-order valence-electron chi connectivity index (χ4n) is 1.29. The first-order chi connectivity index (χ1) is 7.71. The van der Waals surface area contributed by atoms with Crippen molar-refractivity contribution in [3.8, 4) is 5.75 Å². The number of rotatable bonds is 5. The number of aliphatic hydroxyl groups is 1. The number of anilines is 1. The second kappa shape index (κ2) is 6.09. The summed E-state index contributed by atoms with van der Waals surface area (Å²) in [4.78, 5) is 11.1. The Morgan fingerprint density at radius 3 is 2.88 bits per heavy atom. The highest BCUT2D eigenvalue weighted by atomic mass is 16.5. The molecule has 0 saturated heterocycles. The van der Waals surface area contributed by atoms with Gasteiger partial charge in [0.25, 0.3) is 0 Å². The Morgan fingerprint density at radius 1 is 1.56 bits per heavy atom. The van der Waals surface area contributed by atoms with Crippen molar-refractivity contribution in [1.29, 1.82) is 0 Å². The predicted molar refractivity (Wildman–Crippen MR) is 61.2 cm³/mol. The Morgan fingerprint density at radius 2 is 2.31 bits per heavy atom. The van der Waals surface area contributed by atoms with Crippen molar-refractivity contribution in [2.75, 3.05) is 18.5 Å². The molecule has 0 radical (unpaired) electrons. The average molecular weight is 224 g/mol. The molecule has 0 unspecified atom stereocenters. The van der Waals surface area contributed by atoms with E-state index >= 15 is 0 Å². The monoisotopic (exact) mass is 224 g/mol. The first-order valence-corrected chi connectivity index (χ1v) is 5.07. The number of carbonyl (C=O) groups excluding carboxylic acids is 1. The minimum absolute atomic E-state index is 0.0678. The number of amides is 1. The summed E-state index contributed by atoms with van der Waals surface area (Å²) in [6, 6.07) is 5.08. The van der Waals surface area contributed by atoms with E-state index in [0.29, 0.717) is 23.6 Å². The molecule has 88 valence electrons. The van der Waals surface area contributed by atoms with Crippen molar-refractivity contribution >= 4 is 11.6 Å². The van der Waals surface area contributed by atoms with Crippen LogP contribution in [0.15, 0.2) is 18.2 Å². The van der Waals surface area contributed by atoms with Gasteiger partial charge in [-0.3, -0.25) is 4.79 Å². The average Bonchev–Trinajstić information content (AvgIpc) is 2.31. The van der Waals surface area contributed by atoms with E-state index in [2.05, 4.69) is 5.32 Å². The number of nitrogens with two attached hydrogens (primary N) is 1. The van der Waals surface area contributed by atoms with Crippen LogP contribution in [0.4, 0.5) is 5.69 Å². The molecule has 0 fully saturated rings. The Hall–Kier alpha value is -1.59. The van der Waals surface area contributed by atoms with E-state index in [-0.39, 0.29) is 19.1 Å². The Kier molecular flexibility index (Phi) is 4.75. The number of aliphatic hydroxyl groups excluding tert-OH is 1. The third kappa shape index (κ3) is 3.22. The van der Waals surface area contributed by atoms with Gasteiger partial charge in [0.1, 0.15) is 5.75 Å². The molecular weight excluding hydrogens is 208 g/mol. The molecule has 1 amide bonds. The van der Waals surface area contributed by atoms with Crippen LogP contribution in [0.5, 0.6) is 5.75 Å². The molecule has 1 rings (SSSR count). The van der Waals surface area contributed by atoms with Crippen LogP contribution < -0.4 is 15.8 Å². The highest BCUT2D eigenvalue weighted by molar-refractivity contribution is 5.92. The summed E-state index contributed by atoms with van der Waals surface area (Å²) in [5, 5.41) is 11.7. The summed E-state index contributed by atoms with van der Waals surface area (Å²) >= 11 is 0. The molecule has 0 aromatic heterocycles. The lowest BCUT2D eigenvalue weighted by atomic mass is 10.2. The van der Waals surface area contributed by atoms with E-state index in [4.69, 9.17) is 15.6 Å². The van der Waals surface area contributed by atoms with Crippen LogP contribution in [0.2, 0.25) is 0 Å². The van der Waals surface area contributed by atoms with Crippen LogP contribution in [-0.4, -0.2) is 24.2 Å². The lowest BCUT2D eigenvalue weighted by Crippen LogP contribution is -2.21. The number of carbonyl (C=O) groups is 1. The number of hydrogen-bond acceptors (Lipinski definition) is 4. The smallest absolute Gasteiger partial charge is 0.238 e. The molecule has 0 bridgehead atoms. The van der Waals surface area contributed by atoms with Crippen LogP contribution in [0.1, 0.15) is 12.5 Å². The van der Waals surface area contributed by atoms with Crippen LogP contribution in [-0.2, 0) is 11.4 Å².